The van der Waals surface area contributed by atoms with Crippen molar-refractivity contribution in [3.05, 3.63) is 53.8 Å². The molecule has 0 spiro atoms. The van der Waals surface area contributed by atoms with Gasteiger partial charge in [-0.3, -0.25) is 0 Å². The molecule has 0 amide bonds. The molecule has 1 aliphatic carbocycles. The Balaban J connectivity index is 1.32. The van der Waals surface area contributed by atoms with Gasteiger partial charge in [0.2, 0.25) is 0 Å². The zero-order chi connectivity index (χ0) is 25.1. The Morgan fingerprint density at radius 1 is 1.06 bits per heavy atom. The van der Waals surface area contributed by atoms with Gasteiger partial charge in [0.1, 0.15) is 23.7 Å². The van der Waals surface area contributed by atoms with Gasteiger partial charge in [0, 0.05) is 11.5 Å². The number of carbonyl (C=O) groups excluding carboxylic acids is 1. The second kappa shape index (κ2) is 10.2. The zero-order valence-corrected chi connectivity index (χ0v) is 21.0. The summed E-state index contributed by atoms with van der Waals surface area (Å²) in [6.45, 7) is 6.59. The number of hydrogen-bond acceptors (Lipinski definition) is 6. The third-order valence-corrected chi connectivity index (χ3v) is 6.92. The molecule has 2 saturated heterocycles. The number of carbonyl (C=O) groups is 1. The maximum atomic E-state index is 14.0. The molecule has 2 heterocycles. The van der Waals surface area contributed by atoms with E-state index in [9.17, 15) is 9.18 Å². The van der Waals surface area contributed by atoms with Crippen LogP contribution in [0.3, 0.4) is 0 Å². The van der Waals surface area contributed by atoms with Crippen LogP contribution in [0.15, 0.2) is 42.5 Å². The summed E-state index contributed by atoms with van der Waals surface area (Å²) in [5.41, 5.74) is 0.429. The lowest BCUT2D eigenvalue weighted by Crippen LogP contribution is -2.53. The second-order valence-corrected chi connectivity index (χ2v) is 10.6. The molecule has 0 unspecified atom stereocenters. The largest absolute Gasteiger partial charge is 0.494 e. The van der Waals surface area contributed by atoms with Crippen molar-refractivity contribution in [1.29, 1.82) is 0 Å². The first kappa shape index (κ1) is 25.5. The van der Waals surface area contributed by atoms with Crippen molar-refractivity contribution in [1.82, 2.24) is 0 Å². The van der Waals surface area contributed by atoms with Crippen molar-refractivity contribution in [3.8, 4) is 17.2 Å². The predicted molar refractivity (Wildman–Crippen MR) is 130 cm³/mol. The maximum absolute atomic E-state index is 14.0. The van der Waals surface area contributed by atoms with Crippen molar-refractivity contribution < 1.29 is 32.9 Å². The van der Waals surface area contributed by atoms with Crippen LogP contribution in [0.4, 0.5) is 4.39 Å². The molecule has 7 heteroatoms. The standard InChI is InChI=1S/C28H35FO6/c1-26(2,3)35-25(30)18-32-15-14-28-12-10-27(11-13-28,19-33-28)20-6-5-7-21(16-20)34-22-8-9-24(31-4)23(29)17-22/h5-9,16-17H,10-15,18-19H2,1-4H3. The molecule has 0 N–H and O–H groups in total. The van der Waals surface area contributed by atoms with E-state index in [4.69, 9.17) is 23.7 Å². The number of methoxy groups -OCH3 is 1. The fourth-order valence-electron chi connectivity index (χ4n) is 4.98. The molecule has 6 nitrogen and oxygen atoms in total. The Morgan fingerprint density at radius 2 is 1.80 bits per heavy atom. The van der Waals surface area contributed by atoms with E-state index in [2.05, 4.69) is 6.07 Å². The van der Waals surface area contributed by atoms with E-state index in [0.717, 1.165) is 32.1 Å². The van der Waals surface area contributed by atoms with Gasteiger partial charge < -0.3 is 23.7 Å². The van der Waals surface area contributed by atoms with Crippen molar-refractivity contribution >= 4 is 5.97 Å². The average molecular weight is 487 g/mol. The van der Waals surface area contributed by atoms with E-state index >= 15 is 0 Å². The second-order valence-electron chi connectivity index (χ2n) is 10.6. The van der Waals surface area contributed by atoms with Gasteiger partial charge in [-0.1, -0.05) is 12.1 Å². The quantitative estimate of drug-likeness (QED) is 0.322. The molecule has 2 aromatic carbocycles. The van der Waals surface area contributed by atoms with Crippen LogP contribution in [0.25, 0.3) is 0 Å². The Kier molecular flexibility index (Phi) is 7.38. The third-order valence-electron chi connectivity index (χ3n) is 6.92. The van der Waals surface area contributed by atoms with Crippen LogP contribution >= 0.6 is 0 Å². The van der Waals surface area contributed by atoms with Crippen molar-refractivity contribution in [2.24, 2.45) is 0 Å². The van der Waals surface area contributed by atoms with Crippen LogP contribution in [-0.4, -0.2) is 44.1 Å². The third kappa shape index (κ3) is 6.14. The highest BCUT2D eigenvalue weighted by molar-refractivity contribution is 5.71. The molecule has 3 aliphatic rings. The summed E-state index contributed by atoms with van der Waals surface area (Å²) >= 11 is 0. The van der Waals surface area contributed by atoms with E-state index in [1.165, 1.54) is 18.7 Å². The molecule has 35 heavy (non-hydrogen) atoms. The molecule has 2 aliphatic heterocycles. The molecular formula is C28H35FO6. The van der Waals surface area contributed by atoms with Crippen LogP contribution in [0.1, 0.15) is 58.4 Å². The summed E-state index contributed by atoms with van der Waals surface area (Å²) in [7, 11) is 1.43. The fourth-order valence-corrected chi connectivity index (χ4v) is 4.98. The Morgan fingerprint density at radius 3 is 2.43 bits per heavy atom. The van der Waals surface area contributed by atoms with Gasteiger partial charge in [0.05, 0.1) is 25.9 Å². The first-order valence-electron chi connectivity index (χ1n) is 12.2. The number of ether oxygens (including phenoxy) is 5. The normalized spacial score (nSPS) is 23.7. The molecular weight excluding hydrogens is 451 g/mol. The molecule has 2 aromatic rings. The van der Waals surface area contributed by atoms with E-state index in [1.807, 2.05) is 39.0 Å². The number of fused-ring (bicyclic) bond motifs is 3. The smallest absolute Gasteiger partial charge is 0.332 e. The minimum Gasteiger partial charge on any atom is -0.494 e. The predicted octanol–water partition coefficient (Wildman–Crippen LogP) is 5.96. The van der Waals surface area contributed by atoms with Crippen LogP contribution in [-0.2, 0) is 24.4 Å². The summed E-state index contributed by atoms with van der Waals surface area (Å²) in [5.74, 6) is 0.470. The van der Waals surface area contributed by atoms with Gasteiger partial charge in [-0.2, -0.15) is 0 Å². The Hall–Kier alpha value is -2.64. The molecule has 0 atom stereocenters. The highest BCUT2D eigenvalue weighted by Gasteiger charge is 2.50. The first-order chi connectivity index (χ1) is 16.6. The summed E-state index contributed by atoms with van der Waals surface area (Å²) in [5, 5.41) is 0. The van der Waals surface area contributed by atoms with Gasteiger partial charge in [-0.15, -0.1) is 0 Å². The van der Waals surface area contributed by atoms with E-state index in [-0.39, 0.29) is 29.3 Å². The Labute approximate surface area is 206 Å². The number of esters is 1. The first-order valence-corrected chi connectivity index (χ1v) is 12.2. The average Bonchev–Trinajstić information content (AvgIpc) is 2.82. The summed E-state index contributed by atoms with van der Waals surface area (Å²) in [6.07, 6.45) is 4.67. The van der Waals surface area contributed by atoms with Crippen LogP contribution < -0.4 is 9.47 Å². The van der Waals surface area contributed by atoms with Crippen molar-refractivity contribution in [3.63, 3.8) is 0 Å². The van der Waals surface area contributed by atoms with Gasteiger partial charge in [-0.05, 0) is 82.7 Å². The van der Waals surface area contributed by atoms with Crippen LogP contribution in [0.5, 0.6) is 17.2 Å². The molecule has 0 aromatic heterocycles. The van der Waals surface area contributed by atoms with E-state index < -0.39 is 11.4 Å². The minimum atomic E-state index is -0.508. The number of rotatable bonds is 9. The van der Waals surface area contributed by atoms with E-state index in [1.54, 1.807) is 12.1 Å². The minimum absolute atomic E-state index is 0.0395. The van der Waals surface area contributed by atoms with Gasteiger partial charge in [0.15, 0.2) is 11.6 Å². The monoisotopic (exact) mass is 486 g/mol. The van der Waals surface area contributed by atoms with Crippen molar-refractivity contribution in [2.75, 3.05) is 26.9 Å². The lowest BCUT2D eigenvalue weighted by Gasteiger charge is -2.53. The SMILES string of the molecule is COc1ccc(Oc2cccc(C34CCC(CCOCC(=O)OC(C)(C)C)(CC3)OC4)c2)cc1F. The number of halogens is 1. The number of hydrogen-bond donors (Lipinski definition) is 0. The fraction of sp³-hybridized carbons (Fsp3) is 0.536. The van der Waals surface area contributed by atoms with Gasteiger partial charge in [-0.25, -0.2) is 9.18 Å². The molecule has 190 valence electrons. The highest BCUT2D eigenvalue weighted by Crippen LogP contribution is 2.52. The molecule has 3 fully saturated rings. The van der Waals surface area contributed by atoms with Crippen LogP contribution in [0.2, 0.25) is 0 Å². The van der Waals surface area contributed by atoms with Crippen molar-refractivity contribution in [2.45, 2.75) is 69.5 Å². The summed E-state index contributed by atoms with van der Waals surface area (Å²) in [6, 6.07) is 12.6. The van der Waals surface area contributed by atoms with E-state index in [0.29, 0.717) is 24.7 Å². The Bertz CT molecular complexity index is 1020. The lowest BCUT2D eigenvalue weighted by molar-refractivity contribution is -0.172. The molecule has 5 rings (SSSR count). The van der Waals surface area contributed by atoms with Crippen LogP contribution in [0, 0.1) is 5.82 Å². The summed E-state index contributed by atoms with van der Waals surface area (Å²) < 4.78 is 42.2. The zero-order valence-electron chi connectivity index (χ0n) is 21.0. The molecule has 2 bridgehead atoms. The highest BCUT2D eigenvalue weighted by atomic mass is 19.1. The van der Waals surface area contributed by atoms with Gasteiger partial charge >= 0.3 is 5.97 Å². The van der Waals surface area contributed by atoms with Gasteiger partial charge in [0.25, 0.3) is 0 Å². The summed E-state index contributed by atoms with van der Waals surface area (Å²) in [4.78, 5) is 11.8. The molecule has 0 radical (unpaired) electrons. The maximum Gasteiger partial charge on any atom is 0.332 e. The molecule has 1 saturated carbocycles. The topological polar surface area (TPSA) is 63.2 Å². The number of benzene rings is 2. The lowest BCUT2D eigenvalue weighted by atomic mass is 9.62.